The number of hydrogen-bond donors (Lipinski definition) is 0. The van der Waals surface area contributed by atoms with Crippen LogP contribution in [-0.4, -0.2) is 48.0 Å². The first-order valence-electron chi connectivity index (χ1n) is 10.8. The highest BCUT2D eigenvalue weighted by atomic mass is 35.5. The molecule has 176 valence electrons. The molecule has 3 aromatic carbocycles. The molecule has 8 heteroatoms. The van der Waals surface area contributed by atoms with Crippen molar-refractivity contribution in [3.05, 3.63) is 93.7 Å². The van der Waals surface area contributed by atoms with Gasteiger partial charge in [-0.05, 0) is 55.5 Å². The summed E-state index contributed by atoms with van der Waals surface area (Å²) in [5.74, 6) is -0.585. The lowest BCUT2D eigenvalue weighted by Gasteiger charge is -2.41. The third kappa shape index (κ3) is 5.74. The molecule has 3 aromatic rings. The molecule has 1 atom stereocenters. The van der Waals surface area contributed by atoms with E-state index < -0.39 is 5.82 Å². The number of hydrogen-bond acceptors (Lipinski definition) is 4. The molecule has 1 saturated heterocycles. The van der Waals surface area contributed by atoms with Crippen molar-refractivity contribution in [2.24, 2.45) is 0 Å². The second-order valence-corrected chi connectivity index (χ2v) is 10.0. The number of Topliss-reactive ketones (excluding diaryl/α,β-unsaturated/α-hetero) is 1. The van der Waals surface area contributed by atoms with E-state index in [9.17, 15) is 14.0 Å². The molecule has 4 nitrogen and oxygen atoms in total. The lowest BCUT2D eigenvalue weighted by atomic mass is 10.1. The third-order valence-corrected chi connectivity index (χ3v) is 7.47. The van der Waals surface area contributed by atoms with Gasteiger partial charge in [-0.2, -0.15) is 0 Å². The number of rotatable bonds is 6. The fourth-order valence-corrected chi connectivity index (χ4v) is 5.35. The second-order valence-electron chi connectivity index (χ2n) is 8.14. The number of amides is 1. The van der Waals surface area contributed by atoms with Crippen LogP contribution in [0.15, 0.2) is 71.6 Å². The Hall–Kier alpha value is -2.54. The number of benzene rings is 3. The van der Waals surface area contributed by atoms with Crippen LogP contribution in [0.5, 0.6) is 0 Å². The van der Waals surface area contributed by atoms with E-state index >= 15 is 0 Å². The SMILES string of the molecule is C[C@H]1CN(C(=O)c2ccc(SCC(=O)c3cccc(F)c3)c(Cl)c2)CCN1c1cccc(Cl)c1. The summed E-state index contributed by atoms with van der Waals surface area (Å²) in [7, 11) is 0. The molecule has 1 amide bonds. The molecule has 4 rings (SSSR count). The van der Waals surface area contributed by atoms with Gasteiger partial charge in [0.25, 0.3) is 5.91 Å². The first-order valence-corrected chi connectivity index (χ1v) is 12.6. The summed E-state index contributed by atoms with van der Waals surface area (Å²) in [5, 5.41) is 1.10. The number of carbonyl (C=O) groups excluding carboxylic acids is 2. The average molecular weight is 517 g/mol. The van der Waals surface area contributed by atoms with E-state index in [1.165, 1.54) is 30.0 Å². The van der Waals surface area contributed by atoms with E-state index in [2.05, 4.69) is 11.8 Å². The van der Waals surface area contributed by atoms with Crippen LogP contribution < -0.4 is 4.90 Å². The van der Waals surface area contributed by atoms with Crippen molar-refractivity contribution in [1.29, 1.82) is 0 Å². The number of nitrogens with zero attached hydrogens (tertiary/aromatic N) is 2. The van der Waals surface area contributed by atoms with E-state index in [-0.39, 0.29) is 23.5 Å². The Morgan fingerprint density at radius 1 is 1.00 bits per heavy atom. The molecule has 0 bridgehead atoms. The number of piperazine rings is 1. The molecule has 1 fully saturated rings. The van der Waals surface area contributed by atoms with Crippen molar-refractivity contribution in [3.63, 3.8) is 0 Å². The third-order valence-electron chi connectivity index (χ3n) is 5.74. The van der Waals surface area contributed by atoms with Crippen LogP contribution in [0.2, 0.25) is 10.0 Å². The Morgan fingerprint density at radius 2 is 1.79 bits per heavy atom. The van der Waals surface area contributed by atoms with Gasteiger partial charge in [0.2, 0.25) is 0 Å². The molecule has 34 heavy (non-hydrogen) atoms. The lowest BCUT2D eigenvalue weighted by Crippen LogP contribution is -2.53. The highest BCUT2D eigenvalue weighted by Gasteiger charge is 2.28. The van der Waals surface area contributed by atoms with Crippen LogP contribution in [0.3, 0.4) is 0 Å². The predicted octanol–water partition coefficient (Wildman–Crippen LogP) is 6.46. The zero-order chi connectivity index (χ0) is 24.2. The van der Waals surface area contributed by atoms with Crippen LogP contribution >= 0.6 is 35.0 Å². The van der Waals surface area contributed by atoms with Gasteiger partial charge < -0.3 is 9.80 Å². The van der Waals surface area contributed by atoms with E-state index in [1.807, 2.05) is 29.2 Å². The van der Waals surface area contributed by atoms with E-state index in [0.717, 1.165) is 5.69 Å². The van der Waals surface area contributed by atoms with Crippen LogP contribution in [0.4, 0.5) is 10.1 Å². The monoisotopic (exact) mass is 516 g/mol. The van der Waals surface area contributed by atoms with E-state index in [1.54, 1.807) is 24.3 Å². The smallest absolute Gasteiger partial charge is 0.254 e. The molecule has 1 aliphatic heterocycles. The first kappa shape index (κ1) is 24.6. The van der Waals surface area contributed by atoms with Crippen molar-refractivity contribution >= 4 is 52.3 Å². The molecule has 0 spiro atoms. The van der Waals surface area contributed by atoms with Gasteiger partial charge in [0, 0.05) is 52.4 Å². The molecule has 0 aliphatic carbocycles. The normalized spacial score (nSPS) is 15.9. The Kier molecular flexibility index (Phi) is 7.81. The minimum Gasteiger partial charge on any atom is -0.365 e. The zero-order valence-electron chi connectivity index (χ0n) is 18.5. The molecule has 0 N–H and O–H groups in total. The van der Waals surface area contributed by atoms with Crippen LogP contribution in [0, 0.1) is 5.82 Å². The minimum atomic E-state index is -0.445. The summed E-state index contributed by atoms with van der Waals surface area (Å²) in [6.07, 6.45) is 0. The molecule has 0 aromatic heterocycles. The molecule has 0 unspecified atom stereocenters. The van der Waals surface area contributed by atoms with Crippen LogP contribution in [0.1, 0.15) is 27.6 Å². The number of anilines is 1. The highest BCUT2D eigenvalue weighted by Crippen LogP contribution is 2.30. The molecule has 1 heterocycles. The molecular formula is C26H23Cl2FN2O2S. The summed E-state index contributed by atoms with van der Waals surface area (Å²) >= 11 is 13.8. The molecule has 0 radical (unpaired) electrons. The highest BCUT2D eigenvalue weighted by molar-refractivity contribution is 8.00. The van der Waals surface area contributed by atoms with Gasteiger partial charge in [-0.3, -0.25) is 9.59 Å². The summed E-state index contributed by atoms with van der Waals surface area (Å²) in [6, 6.07) is 18.6. The topological polar surface area (TPSA) is 40.6 Å². The van der Waals surface area contributed by atoms with Gasteiger partial charge >= 0.3 is 0 Å². The van der Waals surface area contributed by atoms with Crippen molar-refractivity contribution < 1.29 is 14.0 Å². The van der Waals surface area contributed by atoms with Crippen molar-refractivity contribution in [2.45, 2.75) is 17.9 Å². The molecule has 1 aliphatic rings. The quantitative estimate of drug-likeness (QED) is 0.278. The average Bonchev–Trinajstić information content (AvgIpc) is 2.82. The number of ketones is 1. The van der Waals surface area contributed by atoms with Gasteiger partial charge in [-0.25, -0.2) is 4.39 Å². The predicted molar refractivity (Wildman–Crippen MR) is 137 cm³/mol. The van der Waals surface area contributed by atoms with E-state index in [4.69, 9.17) is 23.2 Å². The van der Waals surface area contributed by atoms with Crippen LogP contribution in [-0.2, 0) is 0 Å². The Morgan fingerprint density at radius 3 is 2.50 bits per heavy atom. The van der Waals surface area contributed by atoms with Gasteiger partial charge in [-0.15, -0.1) is 11.8 Å². The van der Waals surface area contributed by atoms with E-state index in [0.29, 0.717) is 45.7 Å². The standard InChI is InChI=1S/C26H23Cl2FN2O2S/c1-17-15-30(10-11-31(17)22-7-3-5-20(27)14-22)26(33)19-8-9-25(23(28)13-19)34-16-24(32)18-4-2-6-21(29)12-18/h2-9,12-14,17H,10-11,15-16H2,1H3/t17-/m0/s1. The summed E-state index contributed by atoms with van der Waals surface area (Å²) in [5.41, 5.74) is 1.87. The maximum Gasteiger partial charge on any atom is 0.254 e. The summed E-state index contributed by atoms with van der Waals surface area (Å²) < 4.78 is 13.4. The van der Waals surface area contributed by atoms with Gasteiger partial charge in [0.1, 0.15) is 5.82 Å². The number of carbonyl (C=O) groups is 2. The van der Waals surface area contributed by atoms with Crippen molar-refractivity contribution in [1.82, 2.24) is 4.90 Å². The fraction of sp³-hybridized carbons (Fsp3) is 0.231. The van der Waals surface area contributed by atoms with Crippen molar-refractivity contribution in [3.8, 4) is 0 Å². The largest absolute Gasteiger partial charge is 0.365 e. The Balaban J connectivity index is 1.38. The second kappa shape index (κ2) is 10.8. The van der Waals surface area contributed by atoms with Gasteiger partial charge in [0.05, 0.1) is 10.8 Å². The number of thioether (sulfide) groups is 1. The summed E-state index contributed by atoms with van der Waals surface area (Å²) in [4.78, 5) is 30.2. The molecular weight excluding hydrogens is 494 g/mol. The maximum absolute atomic E-state index is 13.4. The Bertz CT molecular complexity index is 1220. The summed E-state index contributed by atoms with van der Waals surface area (Å²) in [6.45, 7) is 3.97. The van der Waals surface area contributed by atoms with Crippen molar-refractivity contribution in [2.75, 3.05) is 30.3 Å². The minimum absolute atomic E-state index is 0.0770. The zero-order valence-corrected chi connectivity index (χ0v) is 20.8. The molecule has 0 saturated carbocycles. The van der Waals surface area contributed by atoms with Gasteiger partial charge in [-0.1, -0.05) is 41.4 Å². The first-order chi connectivity index (χ1) is 16.3. The Labute approximate surface area is 212 Å². The lowest BCUT2D eigenvalue weighted by molar-refractivity contribution is 0.0726. The fourth-order valence-electron chi connectivity index (χ4n) is 4.00. The van der Waals surface area contributed by atoms with Gasteiger partial charge in [0.15, 0.2) is 5.78 Å². The van der Waals surface area contributed by atoms with Crippen LogP contribution in [0.25, 0.3) is 0 Å². The maximum atomic E-state index is 13.4. The number of halogens is 3.